The summed E-state index contributed by atoms with van der Waals surface area (Å²) in [5.74, 6) is 0.239. The Labute approximate surface area is 158 Å². The van der Waals surface area contributed by atoms with Crippen LogP contribution in [0.1, 0.15) is 63.4 Å². The molecule has 3 rings (SSSR count). The number of rotatable bonds is 6. The molecule has 0 atom stereocenters. The van der Waals surface area contributed by atoms with Crippen LogP contribution in [0.25, 0.3) is 0 Å². The molecule has 0 spiro atoms. The van der Waals surface area contributed by atoms with E-state index in [0.717, 1.165) is 32.5 Å². The number of carbonyl (C=O) groups is 1. The van der Waals surface area contributed by atoms with Crippen LogP contribution in [-0.4, -0.2) is 37.6 Å². The monoisotopic (exact) mass is 359 g/mol. The van der Waals surface area contributed by atoms with Crippen LogP contribution in [-0.2, 0) is 11.3 Å². The summed E-state index contributed by atoms with van der Waals surface area (Å²) in [6.45, 7) is 4.04. The van der Waals surface area contributed by atoms with Gasteiger partial charge in [0, 0.05) is 24.4 Å². The highest BCUT2D eigenvalue weighted by Crippen LogP contribution is 2.14. The van der Waals surface area contributed by atoms with Crippen LogP contribution >= 0.6 is 0 Å². The van der Waals surface area contributed by atoms with Gasteiger partial charge in [-0.05, 0) is 25.7 Å². The van der Waals surface area contributed by atoms with Crippen molar-refractivity contribution in [2.24, 2.45) is 0 Å². The lowest BCUT2D eigenvalue weighted by atomic mass is 9.97. The van der Waals surface area contributed by atoms with Gasteiger partial charge in [0.05, 0.1) is 19.1 Å². The average Bonchev–Trinajstić information content (AvgIpc) is 2.63. The molecule has 0 bridgehead atoms. The third-order valence-corrected chi connectivity index (χ3v) is 6.14. The summed E-state index contributed by atoms with van der Waals surface area (Å²) in [5, 5.41) is 5.59. The minimum atomic E-state index is 0.239. The van der Waals surface area contributed by atoms with Crippen LogP contribution in [0.2, 0.25) is 0 Å². The Kier molecular flexibility index (Phi) is 7.96. The van der Waals surface area contributed by atoms with Crippen LogP contribution in [0, 0.1) is 0 Å². The van der Waals surface area contributed by atoms with Crippen molar-refractivity contribution in [1.29, 1.82) is 0 Å². The van der Waals surface area contributed by atoms with E-state index in [2.05, 4.69) is 41.0 Å². The highest BCUT2D eigenvalue weighted by molar-refractivity contribution is 5.77. The van der Waals surface area contributed by atoms with E-state index in [0.29, 0.717) is 18.6 Å². The first-order valence-corrected chi connectivity index (χ1v) is 10.8. The van der Waals surface area contributed by atoms with E-state index in [1.807, 2.05) is 0 Å². The molecule has 1 saturated heterocycles. The van der Waals surface area contributed by atoms with Crippen molar-refractivity contribution in [2.45, 2.75) is 76.4 Å². The largest absolute Gasteiger partial charge is 0.348 e. The van der Waals surface area contributed by atoms with Crippen molar-refractivity contribution in [3.63, 3.8) is 0 Å². The van der Waals surface area contributed by atoms with E-state index in [1.165, 1.54) is 50.5 Å². The van der Waals surface area contributed by atoms with Gasteiger partial charge >= 0.3 is 0 Å². The first kappa shape index (κ1) is 19.4. The molecule has 1 heterocycles. The van der Waals surface area contributed by atoms with Crippen LogP contribution in [0.4, 0.5) is 0 Å². The van der Waals surface area contributed by atoms with Gasteiger partial charge in [-0.25, -0.2) is 0 Å². The number of piperidine rings is 1. The van der Waals surface area contributed by atoms with E-state index in [-0.39, 0.29) is 5.91 Å². The maximum Gasteiger partial charge on any atom is 0.275 e. The predicted octanol–water partition coefficient (Wildman–Crippen LogP) is 1.03. The third-order valence-electron chi connectivity index (χ3n) is 6.14. The smallest absolute Gasteiger partial charge is 0.275 e. The van der Waals surface area contributed by atoms with Crippen molar-refractivity contribution in [3.05, 3.63) is 35.9 Å². The Morgan fingerprint density at radius 1 is 0.962 bits per heavy atom. The zero-order chi connectivity index (χ0) is 18.0. The number of benzene rings is 1. The zero-order valence-corrected chi connectivity index (χ0v) is 16.2. The van der Waals surface area contributed by atoms with E-state index in [1.54, 1.807) is 4.90 Å². The number of carbonyl (C=O) groups excluding carboxylic acids is 1. The number of nitrogens with two attached hydrogens (primary N) is 1. The maximum atomic E-state index is 12.3. The number of likely N-dealkylation sites (tertiary alicyclic amines) is 1. The molecule has 1 amide bonds. The molecule has 0 radical (unpaired) electrons. The van der Waals surface area contributed by atoms with Gasteiger partial charge < -0.3 is 15.5 Å². The highest BCUT2D eigenvalue weighted by atomic mass is 16.2. The van der Waals surface area contributed by atoms with Crippen LogP contribution < -0.4 is 15.5 Å². The van der Waals surface area contributed by atoms with Crippen LogP contribution in [0.3, 0.4) is 0 Å². The molecule has 1 aliphatic carbocycles. The fraction of sp³-hybridized carbons (Fsp3) is 0.682. The molecular weight excluding hydrogens is 322 g/mol. The van der Waals surface area contributed by atoms with Gasteiger partial charge in [-0.2, -0.15) is 0 Å². The molecule has 4 N–H and O–H groups in total. The van der Waals surface area contributed by atoms with E-state index < -0.39 is 0 Å². The third kappa shape index (κ3) is 6.73. The Balaban J connectivity index is 1.31. The van der Waals surface area contributed by atoms with Gasteiger partial charge in [-0.15, -0.1) is 0 Å². The zero-order valence-electron chi connectivity index (χ0n) is 16.2. The molecule has 2 fully saturated rings. The summed E-state index contributed by atoms with van der Waals surface area (Å²) in [6, 6.07) is 11.8. The fourth-order valence-corrected chi connectivity index (χ4v) is 4.52. The average molecular weight is 360 g/mol. The lowest BCUT2D eigenvalue weighted by molar-refractivity contribution is -0.918. The minimum absolute atomic E-state index is 0.239. The second kappa shape index (κ2) is 10.7. The fourth-order valence-electron chi connectivity index (χ4n) is 4.52. The molecule has 4 heteroatoms. The summed E-state index contributed by atoms with van der Waals surface area (Å²) < 4.78 is 0. The standard InChI is InChI=1S/C22H35N3O/c26-22(17-23-20-11-7-2-1-3-8-12-20)24-21-13-15-25(16-14-21)18-19-9-5-4-6-10-19/h4-6,9-10,20-21,23H,1-3,7-8,11-18H2,(H,24,26)/p+2. The van der Waals surface area contributed by atoms with Crippen molar-refractivity contribution in [3.8, 4) is 0 Å². The molecule has 0 unspecified atom stereocenters. The van der Waals surface area contributed by atoms with Crippen molar-refractivity contribution < 1.29 is 15.0 Å². The van der Waals surface area contributed by atoms with Gasteiger partial charge in [0.1, 0.15) is 6.54 Å². The summed E-state index contributed by atoms with van der Waals surface area (Å²) in [4.78, 5) is 14.0. The van der Waals surface area contributed by atoms with Crippen LogP contribution in [0.5, 0.6) is 0 Å². The summed E-state index contributed by atoms with van der Waals surface area (Å²) >= 11 is 0. The SMILES string of the molecule is O=C(C[NH2+]C1CCCCCCC1)NC1CC[NH+](Cc2ccccc2)CC1. The number of quaternary nitrogens is 2. The van der Waals surface area contributed by atoms with E-state index in [9.17, 15) is 4.79 Å². The molecule has 0 aromatic heterocycles. The molecule has 2 aliphatic rings. The number of hydrogen-bond acceptors (Lipinski definition) is 1. The van der Waals surface area contributed by atoms with Gasteiger partial charge in [0.25, 0.3) is 5.91 Å². The summed E-state index contributed by atoms with van der Waals surface area (Å²) in [5.41, 5.74) is 1.42. The van der Waals surface area contributed by atoms with E-state index in [4.69, 9.17) is 0 Å². The summed E-state index contributed by atoms with van der Waals surface area (Å²) in [6.07, 6.45) is 11.6. The quantitative estimate of drug-likeness (QED) is 0.698. The van der Waals surface area contributed by atoms with Crippen LogP contribution in [0.15, 0.2) is 30.3 Å². The van der Waals surface area contributed by atoms with Gasteiger partial charge in [0.15, 0.2) is 6.54 Å². The predicted molar refractivity (Wildman–Crippen MR) is 105 cm³/mol. The topological polar surface area (TPSA) is 50.1 Å². The first-order valence-electron chi connectivity index (χ1n) is 10.8. The van der Waals surface area contributed by atoms with Gasteiger partial charge in [-0.3, -0.25) is 4.79 Å². The summed E-state index contributed by atoms with van der Waals surface area (Å²) in [7, 11) is 0. The molecule has 144 valence electrons. The number of hydrogen-bond donors (Lipinski definition) is 3. The Morgan fingerprint density at radius 3 is 2.31 bits per heavy atom. The number of amides is 1. The second-order valence-electron chi connectivity index (χ2n) is 8.30. The minimum Gasteiger partial charge on any atom is -0.348 e. The normalized spacial score (nSPS) is 25.2. The lowest BCUT2D eigenvalue weighted by Gasteiger charge is -2.29. The Hall–Kier alpha value is -1.39. The molecule has 1 aliphatic heterocycles. The molecule has 4 nitrogen and oxygen atoms in total. The van der Waals surface area contributed by atoms with Crippen molar-refractivity contribution in [2.75, 3.05) is 19.6 Å². The molecule has 26 heavy (non-hydrogen) atoms. The second-order valence-corrected chi connectivity index (χ2v) is 8.30. The Bertz CT molecular complexity index is 517. The van der Waals surface area contributed by atoms with E-state index >= 15 is 0 Å². The first-order chi connectivity index (χ1) is 12.8. The highest BCUT2D eigenvalue weighted by Gasteiger charge is 2.24. The lowest BCUT2D eigenvalue weighted by Crippen LogP contribution is -3.12. The number of nitrogens with one attached hydrogen (secondary N) is 2. The molecule has 1 aromatic rings. The van der Waals surface area contributed by atoms with Crippen molar-refractivity contribution in [1.82, 2.24) is 5.32 Å². The van der Waals surface area contributed by atoms with Gasteiger partial charge in [-0.1, -0.05) is 49.6 Å². The van der Waals surface area contributed by atoms with Gasteiger partial charge in [0.2, 0.25) is 0 Å². The molecule has 1 aromatic carbocycles. The maximum absolute atomic E-state index is 12.3. The van der Waals surface area contributed by atoms with Crippen molar-refractivity contribution >= 4 is 5.91 Å². The Morgan fingerprint density at radius 2 is 1.62 bits per heavy atom. The molecule has 1 saturated carbocycles. The molecular formula is C22H37N3O+2.